The smallest absolute Gasteiger partial charge is 0.0631 e. The number of rotatable bonds is 6. The summed E-state index contributed by atoms with van der Waals surface area (Å²) in [6, 6.07) is 0.602. The van der Waals surface area contributed by atoms with Gasteiger partial charge >= 0.3 is 0 Å². The third kappa shape index (κ3) is 5.27. The van der Waals surface area contributed by atoms with Crippen molar-refractivity contribution in [1.29, 1.82) is 0 Å². The van der Waals surface area contributed by atoms with Gasteiger partial charge in [-0.1, -0.05) is 27.7 Å². The molecule has 2 heteroatoms. The van der Waals surface area contributed by atoms with Crippen molar-refractivity contribution in [3.63, 3.8) is 0 Å². The van der Waals surface area contributed by atoms with Crippen LogP contribution in [0.25, 0.3) is 0 Å². The van der Waals surface area contributed by atoms with Crippen molar-refractivity contribution in [1.82, 2.24) is 5.32 Å². The fraction of sp³-hybridized carbons (Fsp3) is 1.00. The van der Waals surface area contributed by atoms with E-state index in [2.05, 4.69) is 46.9 Å². The molecule has 0 aromatic rings. The number of nitrogens with one attached hydrogen (secondary N) is 1. The van der Waals surface area contributed by atoms with E-state index < -0.39 is 0 Å². The first kappa shape index (κ1) is 16.0. The van der Waals surface area contributed by atoms with Crippen LogP contribution in [0.2, 0.25) is 0 Å². The van der Waals surface area contributed by atoms with E-state index in [4.69, 9.17) is 4.74 Å². The highest BCUT2D eigenvalue weighted by Crippen LogP contribution is 2.33. The van der Waals surface area contributed by atoms with Crippen LogP contribution in [0, 0.1) is 5.41 Å². The molecule has 18 heavy (non-hydrogen) atoms. The van der Waals surface area contributed by atoms with Gasteiger partial charge in [-0.2, -0.15) is 0 Å². The zero-order valence-corrected chi connectivity index (χ0v) is 13.3. The molecule has 1 aliphatic heterocycles. The summed E-state index contributed by atoms with van der Waals surface area (Å²) in [5.41, 5.74) is 0.446. The standard InChI is InChI=1S/C16H33NO/c1-7-12-17-14(15(2,3)4)9-8-13-10-11-16(5,6)18-13/h13-14,17H,7-12H2,1-6H3. The summed E-state index contributed by atoms with van der Waals surface area (Å²) in [6.07, 6.45) is 6.55. The third-order valence-corrected chi connectivity index (χ3v) is 4.02. The SMILES string of the molecule is CCCNC(CCC1CCC(C)(C)O1)C(C)(C)C. The van der Waals surface area contributed by atoms with Crippen molar-refractivity contribution < 1.29 is 4.74 Å². The van der Waals surface area contributed by atoms with E-state index in [9.17, 15) is 0 Å². The first-order valence-corrected chi connectivity index (χ1v) is 7.66. The molecule has 1 rings (SSSR count). The van der Waals surface area contributed by atoms with Crippen LogP contribution in [0.15, 0.2) is 0 Å². The van der Waals surface area contributed by atoms with Gasteiger partial charge in [0.1, 0.15) is 0 Å². The predicted molar refractivity (Wildman–Crippen MR) is 79.0 cm³/mol. The highest BCUT2D eigenvalue weighted by molar-refractivity contribution is 4.85. The molecule has 0 saturated carbocycles. The Morgan fingerprint density at radius 3 is 2.44 bits per heavy atom. The second-order valence-corrected chi connectivity index (χ2v) is 7.49. The van der Waals surface area contributed by atoms with Crippen LogP contribution in [0.4, 0.5) is 0 Å². The summed E-state index contributed by atoms with van der Waals surface area (Å²) >= 11 is 0. The average molecular weight is 255 g/mol. The molecular formula is C16H33NO. The molecule has 2 unspecified atom stereocenters. The van der Waals surface area contributed by atoms with Gasteiger partial charge < -0.3 is 10.1 Å². The second-order valence-electron chi connectivity index (χ2n) is 7.49. The Labute approximate surface area is 114 Å². The first-order chi connectivity index (χ1) is 8.24. The van der Waals surface area contributed by atoms with E-state index in [0.29, 0.717) is 17.6 Å². The second kappa shape index (κ2) is 6.38. The van der Waals surface area contributed by atoms with Crippen molar-refractivity contribution in [3.05, 3.63) is 0 Å². The average Bonchev–Trinajstić information content (AvgIpc) is 2.56. The Morgan fingerprint density at radius 1 is 1.33 bits per heavy atom. The molecule has 1 N–H and O–H groups in total. The first-order valence-electron chi connectivity index (χ1n) is 7.66. The maximum atomic E-state index is 6.09. The van der Waals surface area contributed by atoms with Crippen LogP contribution < -0.4 is 5.32 Å². The topological polar surface area (TPSA) is 21.3 Å². The minimum atomic E-state index is 0.110. The molecule has 0 aromatic carbocycles. The van der Waals surface area contributed by atoms with E-state index in [0.717, 1.165) is 6.54 Å². The van der Waals surface area contributed by atoms with E-state index in [-0.39, 0.29) is 5.60 Å². The zero-order chi connectivity index (χ0) is 13.8. The number of ether oxygens (including phenoxy) is 1. The maximum Gasteiger partial charge on any atom is 0.0631 e. The molecule has 0 aromatic heterocycles. The van der Waals surface area contributed by atoms with Crippen LogP contribution >= 0.6 is 0 Å². The molecule has 0 bridgehead atoms. The molecule has 1 saturated heterocycles. The van der Waals surface area contributed by atoms with Gasteiger partial charge in [0.05, 0.1) is 11.7 Å². The highest BCUT2D eigenvalue weighted by Gasteiger charge is 2.32. The summed E-state index contributed by atoms with van der Waals surface area (Å²) in [5.74, 6) is 0. The molecule has 0 amide bonds. The van der Waals surface area contributed by atoms with Crippen LogP contribution in [-0.4, -0.2) is 24.3 Å². The summed E-state index contributed by atoms with van der Waals surface area (Å²) in [6.45, 7) is 14.8. The van der Waals surface area contributed by atoms with E-state index >= 15 is 0 Å². The lowest BCUT2D eigenvalue weighted by atomic mass is 9.83. The van der Waals surface area contributed by atoms with Crippen LogP contribution in [0.5, 0.6) is 0 Å². The van der Waals surface area contributed by atoms with Crippen molar-refractivity contribution in [3.8, 4) is 0 Å². The minimum Gasteiger partial charge on any atom is -0.372 e. The van der Waals surface area contributed by atoms with Gasteiger partial charge in [-0.05, 0) is 57.9 Å². The molecule has 108 valence electrons. The summed E-state index contributed by atoms with van der Waals surface area (Å²) in [4.78, 5) is 0. The lowest BCUT2D eigenvalue weighted by Crippen LogP contribution is -2.41. The molecule has 2 atom stereocenters. The normalized spacial score (nSPS) is 25.3. The van der Waals surface area contributed by atoms with Gasteiger partial charge in [0, 0.05) is 6.04 Å². The molecule has 2 nitrogen and oxygen atoms in total. The Hall–Kier alpha value is -0.0800. The summed E-state index contributed by atoms with van der Waals surface area (Å²) in [7, 11) is 0. The fourth-order valence-corrected chi connectivity index (χ4v) is 2.79. The quantitative estimate of drug-likeness (QED) is 0.770. The monoisotopic (exact) mass is 255 g/mol. The number of hydrogen-bond donors (Lipinski definition) is 1. The fourth-order valence-electron chi connectivity index (χ4n) is 2.79. The van der Waals surface area contributed by atoms with E-state index in [1.54, 1.807) is 0 Å². The van der Waals surface area contributed by atoms with Gasteiger partial charge in [0.25, 0.3) is 0 Å². The van der Waals surface area contributed by atoms with Crippen molar-refractivity contribution >= 4 is 0 Å². The number of hydrogen-bond acceptors (Lipinski definition) is 2. The molecule has 0 aliphatic carbocycles. The Morgan fingerprint density at radius 2 is 2.00 bits per heavy atom. The van der Waals surface area contributed by atoms with Crippen LogP contribution in [0.1, 0.15) is 73.6 Å². The Bertz CT molecular complexity index is 242. The Balaban J connectivity index is 2.38. The largest absolute Gasteiger partial charge is 0.372 e. The van der Waals surface area contributed by atoms with Crippen molar-refractivity contribution in [2.45, 2.75) is 91.4 Å². The molecule has 1 fully saturated rings. The molecule has 0 spiro atoms. The van der Waals surface area contributed by atoms with E-state index in [1.807, 2.05) is 0 Å². The van der Waals surface area contributed by atoms with Gasteiger partial charge in [-0.15, -0.1) is 0 Å². The molecule has 1 heterocycles. The van der Waals surface area contributed by atoms with Gasteiger partial charge in [0.2, 0.25) is 0 Å². The zero-order valence-electron chi connectivity index (χ0n) is 13.3. The highest BCUT2D eigenvalue weighted by atomic mass is 16.5. The third-order valence-electron chi connectivity index (χ3n) is 4.02. The van der Waals surface area contributed by atoms with Gasteiger partial charge in [0.15, 0.2) is 0 Å². The summed E-state index contributed by atoms with van der Waals surface area (Å²) < 4.78 is 6.09. The summed E-state index contributed by atoms with van der Waals surface area (Å²) in [5, 5.41) is 3.70. The van der Waals surface area contributed by atoms with Crippen LogP contribution in [-0.2, 0) is 4.74 Å². The Kier molecular flexibility index (Phi) is 5.67. The maximum absolute atomic E-state index is 6.09. The van der Waals surface area contributed by atoms with Gasteiger partial charge in [-0.3, -0.25) is 0 Å². The predicted octanol–water partition coefficient (Wildman–Crippen LogP) is 4.14. The van der Waals surface area contributed by atoms with Crippen molar-refractivity contribution in [2.75, 3.05) is 6.54 Å². The van der Waals surface area contributed by atoms with Crippen molar-refractivity contribution in [2.24, 2.45) is 5.41 Å². The minimum absolute atomic E-state index is 0.110. The molecule has 0 radical (unpaired) electrons. The van der Waals surface area contributed by atoms with E-state index in [1.165, 1.54) is 32.1 Å². The lowest BCUT2D eigenvalue weighted by Gasteiger charge is -2.32. The lowest BCUT2D eigenvalue weighted by molar-refractivity contribution is -0.0211. The van der Waals surface area contributed by atoms with Gasteiger partial charge in [-0.25, -0.2) is 0 Å². The van der Waals surface area contributed by atoms with Crippen LogP contribution in [0.3, 0.4) is 0 Å². The molecular weight excluding hydrogens is 222 g/mol. The molecule has 1 aliphatic rings.